The summed E-state index contributed by atoms with van der Waals surface area (Å²) in [6, 6.07) is 9.69. The normalized spacial score (nSPS) is 14.9. The number of phenolic OH excluding ortho intramolecular Hbond substituents is 1. The molecule has 3 N–H and O–H groups in total. The molecule has 0 unspecified atom stereocenters. The topological polar surface area (TPSA) is 107 Å². The molecule has 1 fully saturated rings. The second kappa shape index (κ2) is 9.71. The van der Waals surface area contributed by atoms with Crippen LogP contribution in [0.2, 0.25) is 0 Å². The Morgan fingerprint density at radius 1 is 1.23 bits per heavy atom. The van der Waals surface area contributed by atoms with E-state index in [4.69, 9.17) is 12.2 Å². The summed E-state index contributed by atoms with van der Waals surface area (Å²) in [5.41, 5.74) is 0.114. The van der Waals surface area contributed by atoms with E-state index in [0.717, 1.165) is 17.8 Å². The summed E-state index contributed by atoms with van der Waals surface area (Å²) in [5, 5.41) is 21.1. The molecule has 31 heavy (non-hydrogen) atoms. The van der Waals surface area contributed by atoms with Crippen molar-refractivity contribution >= 4 is 57.8 Å². The minimum Gasteiger partial charge on any atom is -0.508 e. The minimum atomic E-state index is -1.29. The molecular weight excluding hydrogens is 443 g/mol. The molecule has 0 aromatic heterocycles. The molecule has 2 aromatic rings. The van der Waals surface area contributed by atoms with Gasteiger partial charge in [-0.3, -0.25) is 14.5 Å². The number of carbonyl (C=O) groups excluding carboxylic acids is 2. The van der Waals surface area contributed by atoms with Gasteiger partial charge < -0.3 is 15.5 Å². The first-order valence-electron chi connectivity index (χ1n) is 9.12. The smallest absolute Gasteiger partial charge is 0.337 e. The van der Waals surface area contributed by atoms with Crippen LogP contribution in [0.15, 0.2) is 47.4 Å². The molecule has 1 heterocycles. The number of aromatic hydroxyl groups is 1. The summed E-state index contributed by atoms with van der Waals surface area (Å²) >= 11 is 6.30. The first kappa shape index (κ1) is 22.4. The molecule has 1 aliphatic rings. The molecule has 2 amide bonds. The number of thioether (sulfide) groups is 1. The van der Waals surface area contributed by atoms with Gasteiger partial charge in [0.1, 0.15) is 15.9 Å². The van der Waals surface area contributed by atoms with Crippen LogP contribution in [0, 0.1) is 5.82 Å². The van der Waals surface area contributed by atoms with Crippen LogP contribution < -0.4 is 5.32 Å². The number of halogens is 1. The van der Waals surface area contributed by atoms with Gasteiger partial charge in [-0.25, -0.2) is 9.18 Å². The SMILES string of the molecule is O=C(CCCN1C(=O)/C(=C/c2ccccc2F)SC1=S)Nc1ccc(O)cc1C(=O)O. The summed E-state index contributed by atoms with van der Waals surface area (Å²) in [7, 11) is 0. The van der Waals surface area contributed by atoms with E-state index in [-0.39, 0.29) is 47.9 Å². The number of aromatic carboxylic acids is 1. The highest BCUT2D eigenvalue weighted by Gasteiger charge is 2.31. The van der Waals surface area contributed by atoms with Gasteiger partial charge in [0.05, 0.1) is 16.2 Å². The van der Waals surface area contributed by atoms with E-state index in [0.29, 0.717) is 9.23 Å². The van der Waals surface area contributed by atoms with Crippen LogP contribution >= 0.6 is 24.0 Å². The van der Waals surface area contributed by atoms with Gasteiger partial charge in [0, 0.05) is 18.5 Å². The van der Waals surface area contributed by atoms with Crippen molar-refractivity contribution in [2.75, 3.05) is 11.9 Å². The van der Waals surface area contributed by atoms with Crippen molar-refractivity contribution in [2.45, 2.75) is 12.8 Å². The van der Waals surface area contributed by atoms with E-state index >= 15 is 0 Å². The van der Waals surface area contributed by atoms with Crippen LogP contribution in [-0.4, -0.2) is 43.8 Å². The monoisotopic (exact) mass is 460 g/mol. The van der Waals surface area contributed by atoms with E-state index in [1.54, 1.807) is 18.2 Å². The summed E-state index contributed by atoms with van der Waals surface area (Å²) < 4.78 is 14.1. The number of rotatable bonds is 7. The Balaban J connectivity index is 1.58. The zero-order valence-corrected chi connectivity index (χ0v) is 17.6. The number of carboxylic acid groups (broad SMARTS) is 1. The lowest BCUT2D eigenvalue weighted by molar-refractivity contribution is -0.122. The van der Waals surface area contributed by atoms with E-state index in [2.05, 4.69) is 5.32 Å². The average molecular weight is 461 g/mol. The number of thiocarbonyl (C=S) groups is 1. The van der Waals surface area contributed by atoms with Gasteiger partial charge in [-0.2, -0.15) is 0 Å². The fourth-order valence-corrected chi connectivity index (χ4v) is 4.15. The van der Waals surface area contributed by atoms with Crippen LogP contribution in [0.25, 0.3) is 6.08 Å². The molecule has 7 nitrogen and oxygen atoms in total. The Bertz CT molecular complexity index is 1100. The van der Waals surface area contributed by atoms with Crippen LogP contribution in [0.4, 0.5) is 10.1 Å². The number of nitrogens with zero attached hydrogens (tertiary/aromatic N) is 1. The lowest BCUT2D eigenvalue weighted by atomic mass is 10.1. The fraction of sp³-hybridized carbons (Fsp3) is 0.143. The maximum Gasteiger partial charge on any atom is 0.337 e. The van der Waals surface area contributed by atoms with Gasteiger partial charge >= 0.3 is 5.97 Å². The highest BCUT2D eigenvalue weighted by molar-refractivity contribution is 8.26. The molecule has 0 bridgehead atoms. The predicted molar refractivity (Wildman–Crippen MR) is 119 cm³/mol. The van der Waals surface area contributed by atoms with Crippen LogP contribution in [-0.2, 0) is 9.59 Å². The van der Waals surface area contributed by atoms with Crippen LogP contribution in [0.1, 0.15) is 28.8 Å². The van der Waals surface area contributed by atoms with Gasteiger partial charge in [-0.1, -0.05) is 42.2 Å². The number of phenols is 1. The zero-order chi connectivity index (χ0) is 22.5. The second-order valence-corrected chi connectivity index (χ2v) is 8.22. The Morgan fingerprint density at radius 2 is 1.97 bits per heavy atom. The first-order valence-corrected chi connectivity index (χ1v) is 10.3. The van der Waals surface area contributed by atoms with E-state index in [9.17, 15) is 29.0 Å². The molecule has 2 aromatic carbocycles. The van der Waals surface area contributed by atoms with Crippen molar-refractivity contribution in [3.05, 3.63) is 64.3 Å². The highest BCUT2D eigenvalue weighted by atomic mass is 32.2. The Hall–Kier alpha value is -3.24. The Kier molecular flexibility index (Phi) is 7.03. The quantitative estimate of drug-likeness (QED) is 0.327. The highest BCUT2D eigenvalue weighted by Crippen LogP contribution is 2.33. The predicted octanol–water partition coefficient (Wildman–Crippen LogP) is 3.85. The lowest BCUT2D eigenvalue weighted by Crippen LogP contribution is -2.29. The number of carboxylic acids is 1. The number of benzene rings is 2. The van der Waals surface area contributed by atoms with Crippen molar-refractivity contribution in [3.8, 4) is 5.75 Å². The van der Waals surface area contributed by atoms with Crippen molar-refractivity contribution in [3.63, 3.8) is 0 Å². The van der Waals surface area contributed by atoms with Crippen molar-refractivity contribution in [1.82, 2.24) is 4.90 Å². The standard InChI is InChI=1S/C21H17FN2O5S2/c22-15-5-2-1-4-12(15)10-17-19(27)24(21(30)31-17)9-3-6-18(26)23-16-8-7-13(25)11-14(16)20(28)29/h1-2,4-5,7-8,10-11,25H,3,6,9H2,(H,23,26)(H,28,29)/b17-10-. The number of hydrogen-bond acceptors (Lipinski definition) is 6. The molecule has 160 valence electrons. The maximum atomic E-state index is 13.8. The molecule has 0 spiro atoms. The van der Waals surface area contributed by atoms with E-state index in [1.807, 2.05) is 0 Å². The molecule has 0 aliphatic carbocycles. The van der Waals surface area contributed by atoms with Gasteiger partial charge in [0.15, 0.2) is 0 Å². The Morgan fingerprint density at radius 3 is 2.68 bits per heavy atom. The van der Waals surface area contributed by atoms with Gasteiger partial charge in [-0.15, -0.1) is 0 Å². The third-order valence-electron chi connectivity index (χ3n) is 4.36. The molecule has 0 saturated carbocycles. The molecule has 1 saturated heterocycles. The maximum absolute atomic E-state index is 13.8. The lowest BCUT2D eigenvalue weighted by Gasteiger charge is -2.14. The van der Waals surface area contributed by atoms with Gasteiger partial charge in [0.25, 0.3) is 5.91 Å². The Labute approximate surface area is 186 Å². The summed E-state index contributed by atoms with van der Waals surface area (Å²) in [6.07, 6.45) is 1.74. The number of hydrogen-bond donors (Lipinski definition) is 3. The third-order valence-corrected chi connectivity index (χ3v) is 5.74. The van der Waals surface area contributed by atoms with Gasteiger partial charge in [-0.05, 0) is 36.8 Å². The minimum absolute atomic E-state index is 0.0172. The number of nitrogens with one attached hydrogen (secondary N) is 1. The molecule has 0 radical (unpaired) electrons. The summed E-state index contributed by atoms with van der Waals surface area (Å²) in [4.78, 5) is 37.7. The van der Waals surface area contributed by atoms with E-state index in [1.165, 1.54) is 29.2 Å². The molecular formula is C21H17FN2O5S2. The molecule has 10 heteroatoms. The fourth-order valence-electron chi connectivity index (χ4n) is 2.85. The summed E-state index contributed by atoms with van der Waals surface area (Å²) in [5.74, 6) is -2.76. The van der Waals surface area contributed by atoms with Crippen molar-refractivity contribution in [1.29, 1.82) is 0 Å². The molecule has 1 aliphatic heterocycles. The average Bonchev–Trinajstić information content (AvgIpc) is 2.98. The van der Waals surface area contributed by atoms with E-state index < -0.39 is 17.7 Å². The van der Waals surface area contributed by atoms with Crippen LogP contribution in [0.3, 0.4) is 0 Å². The van der Waals surface area contributed by atoms with Crippen molar-refractivity contribution in [2.24, 2.45) is 0 Å². The third kappa shape index (κ3) is 5.47. The first-order chi connectivity index (χ1) is 14.8. The number of anilines is 1. The zero-order valence-electron chi connectivity index (χ0n) is 16.0. The van der Waals surface area contributed by atoms with Crippen LogP contribution in [0.5, 0.6) is 5.75 Å². The number of carbonyl (C=O) groups is 3. The van der Waals surface area contributed by atoms with Gasteiger partial charge in [0.2, 0.25) is 5.91 Å². The second-order valence-electron chi connectivity index (χ2n) is 6.54. The largest absolute Gasteiger partial charge is 0.508 e. The number of amides is 2. The molecule has 0 atom stereocenters. The summed E-state index contributed by atoms with van der Waals surface area (Å²) in [6.45, 7) is 0.189. The molecule has 3 rings (SSSR count). The van der Waals surface area contributed by atoms with Crippen molar-refractivity contribution < 1.29 is 29.0 Å².